The molecular weight excluding hydrogens is 390 g/mol. The van der Waals surface area contributed by atoms with Crippen molar-refractivity contribution in [1.82, 2.24) is 0 Å². The summed E-state index contributed by atoms with van der Waals surface area (Å²) in [5, 5.41) is 0. The maximum Gasteiger partial charge on any atom is 0.150 e. The lowest BCUT2D eigenvalue weighted by Gasteiger charge is -2.11. The van der Waals surface area contributed by atoms with Crippen LogP contribution in [-0.2, 0) is 0 Å². The van der Waals surface area contributed by atoms with E-state index in [9.17, 15) is 8.78 Å². The van der Waals surface area contributed by atoms with E-state index < -0.39 is 11.6 Å². The fraction of sp³-hybridized carbons (Fsp3) is 0.143. The molecule has 1 nitrogen and oxygen atoms in total. The van der Waals surface area contributed by atoms with E-state index in [4.69, 9.17) is 0 Å². The third-order valence-electron chi connectivity index (χ3n) is 1.32. The summed E-state index contributed by atoms with van der Waals surface area (Å²) in [5.41, 5.74) is 0.390. The number of hydrogen-bond acceptors (Lipinski definition) is 1. The fourth-order valence-corrected chi connectivity index (χ4v) is 1.57. The maximum atomic E-state index is 13.0. The summed E-state index contributed by atoms with van der Waals surface area (Å²) in [6, 6.07) is 2.37. The Bertz CT molecular complexity index is 302. The summed E-state index contributed by atoms with van der Waals surface area (Å²) in [5.74, 6) is -1.06. The van der Waals surface area contributed by atoms with E-state index in [2.05, 4.69) is 0 Å². The zero-order valence-corrected chi connectivity index (χ0v) is 10.4. The molecule has 0 fully saturated rings. The Kier molecular flexibility index (Phi) is 3.50. The smallest absolute Gasteiger partial charge is 0.150 e. The van der Waals surface area contributed by atoms with Crippen LogP contribution in [0, 0.1) is 15.2 Å². The largest absolute Gasteiger partial charge is 0.315 e. The van der Waals surface area contributed by atoms with Crippen molar-refractivity contribution in [3.63, 3.8) is 0 Å². The minimum Gasteiger partial charge on any atom is -0.315 e. The molecule has 12 heavy (non-hydrogen) atoms. The number of hydrogen-bond donors (Lipinski definition) is 0. The van der Waals surface area contributed by atoms with Gasteiger partial charge < -0.3 is 3.11 Å². The van der Waals surface area contributed by atoms with Gasteiger partial charge in [-0.3, -0.25) is 0 Å². The summed E-state index contributed by atoms with van der Waals surface area (Å²) >= 11 is 3.76. The molecule has 0 bridgehead atoms. The Morgan fingerprint density at radius 2 is 1.83 bits per heavy atom. The molecule has 0 aliphatic heterocycles. The SMILES string of the molecule is CN(I)c1cc(I)c(F)cc1F. The standard InChI is InChI=1S/C7H5F2I2N/c1-12(11)7-3-6(10)4(8)2-5(7)9/h2-3H,1H3. The average molecular weight is 395 g/mol. The first-order valence-corrected chi connectivity index (χ1v) is 5.11. The van der Waals surface area contributed by atoms with Gasteiger partial charge in [0.2, 0.25) is 0 Å². The van der Waals surface area contributed by atoms with Crippen LogP contribution in [0.2, 0.25) is 0 Å². The van der Waals surface area contributed by atoms with Crippen LogP contribution < -0.4 is 3.11 Å². The van der Waals surface area contributed by atoms with Crippen LogP contribution in [0.4, 0.5) is 14.5 Å². The van der Waals surface area contributed by atoms with Crippen LogP contribution in [0.1, 0.15) is 0 Å². The molecule has 0 aliphatic carbocycles. The van der Waals surface area contributed by atoms with Crippen LogP contribution in [-0.4, -0.2) is 7.05 Å². The molecule has 5 heteroatoms. The molecule has 1 aromatic carbocycles. The second kappa shape index (κ2) is 4.03. The minimum absolute atomic E-state index is 0.390. The maximum absolute atomic E-state index is 13.0. The van der Waals surface area contributed by atoms with Gasteiger partial charge in [0.1, 0.15) is 11.6 Å². The monoisotopic (exact) mass is 395 g/mol. The van der Waals surface area contributed by atoms with Crippen LogP contribution in [0.25, 0.3) is 0 Å². The van der Waals surface area contributed by atoms with Crippen molar-refractivity contribution in [3.05, 3.63) is 27.3 Å². The van der Waals surface area contributed by atoms with Gasteiger partial charge in [-0.05, 0) is 28.7 Å². The molecule has 0 heterocycles. The first-order chi connectivity index (χ1) is 5.52. The lowest BCUT2D eigenvalue weighted by molar-refractivity contribution is 0.580. The van der Waals surface area contributed by atoms with Gasteiger partial charge in [0.05, 0.1) is 32.1 Å². The molecule has 66 valence electrons. The van der Waals surface area contributed by atoms with Crippen LogP contribution in [0.3, 0.4) is 0 Å². The highest BCUT2D eigenvalue weighted by atomic mass is 127. The molecule has 0 N–H and O–H groups in total. The lowest BCUT2D eigenvalue weighted by atomic mass is 10.3. The predicted molar refractivity (Wildman–Crippen MR) is 61.5 cm³/mol. The molecule has 1 aromatic rings. The van der Waals surface area contributed by atoms with Gasteiger partial charge >= 0.3 is 0 Å². The van der Waals surface area contributed by atoms with E-state index in [0.717, 1.165) is 6.07 Å². The van der Waals surface area contributed by atoms with E-state index in [0.29, 0.717) is 9.26 Å². The van der Waals surface area contributed by atoms with Crippen molar-refractivity contribution < 1.29 is 8.78 Å². The summed E-state index contributed by atoms with van der Waals surface area (Å²) < 4.78 is 27.7. The number of benzene rings is 1. The van der Waals surface area contributed by atoms with Crippen LogP contribution in [0.5, 0.6) is 0 Å². The number of halogens is 4. The summed E-state index contributed by atoms with van der Waals surface area (Å²) in [6.07, 6.45) is 0. The topological polar surface area (TPSA) is 3.24 Å². The molecule has 1 rings (SSSR count). The number of anilines is 1. The average Bonchev–Trinajstić information content (AvgIpc) is 1.96. The third-order valence-corrected chi connectivity index (χ3v) is 2.67. The highest BCUT2D eigenvalue weighted by Gasteiger charge is 2.09. The molecular formula is C7H5F2I2N. The first-order valence-electron chi connectivity index (χ1n) is 3.06. The first kappa shape index (κ1) is 10.4. The highest BCUT2D eigenvalue weighted by molar-refractivity contribution is 14.1. The summed E-state index contributed by atoms with van der Waals surface area (Å²) in [4.78, 5) is 0. The lowest BCUT2D eigenvalue weighted by Crippen LogP contribution is -2.03. The molecule has 0 atom stereocenters. The van der Waals surface area contributed by atoms with Crippen molar-refractivity contribution in [1.29, 1.82) is 0 Å². The Hall–Kier alpha value is 0.340. The van der Waals surface area contributed by atoms with Gasteiger partial charge in [-0.2, -0.15) is 0 Å². The highest BCUT2D eigenvalue weighted by Crippen LogP contribution is 2.25. The Morgan fingerprint density at radius 3 is 2.33 bits per heavy atom. The molecule has 0 saturated heterocycles. The van der Waals surface area contributed by atoms with Gasteiger partial charge in [-0.25, -0.2) is 8.78 Å². The molecule has 0 radical (unpaired) electrons. The van der Waals surface area contributed by atoms with Crippen LogP contribution in [0.15, 0.2) is 12.1 Å². The molecule has 0 amide bonds. The van der Waals surface area contributed by atoms with Crippen molar-refractivity contribution in [2.24, 2.45) is 0 Å². The second-order valence-electron chi connectivity index (χ2n) is 2.19. The van der Waals surface area contributed by atoms with Gasteiger partial charge in [0, 0.05) is 13.1 Å². The summed E-state index contributed by atoms with van der Waals surface area (Å²) in [7, 11) is 1.70. The molecule has 0 aliphatic rings. The van der Waals surface area contributed by atoms with E-state index in [1.54, 1.807) is 10.2 Å². The zero-order chi connectivity index (χ0) is 9.30. The second-order valence-corrected chi connectivity index (χ2v) is 4.80. The van der Waals surface area contributed by atoms with E-state index in [1.807, 2.05) is 45.5 Å². The molecule has 0 spiro atoms. The Labute approximate surface area is 96.8 Å². The van der Waals surface area contributed by atoms with Crippen molar-refractivity contribution >= 4 is 51.1 Å². The van der Waals surface area contributed by atoms with Crippen molar-refractivity contribution in [2.45, 2.75) is 0 Å². The van der Waals surface area contributed by atoms with Crippen molar-refractivity contribution in [2.75, 3.05) is 10.2 Å². The third kappa shape index (κ3) is 2.18. The molecule has 0 saturated carbocycles. The van der Waals surface area contributed by atoms with Crippen molar-refractivity contribution in [3.8, 4) is 0 Å². The quantitative estimate of drug-likeness (QED) is 0.401. The van der Waals surface area contributed by atoms with E-state index in [-0.39, 0.29) is 0 Å². The van der Waals surface area contributed by atoms with Gasteiger partial charge in [0.25, 0.3) is 0 Å². The normalized spacial score (nSPS) is 10.1. The molecule has 0 unspecified atom stereocenters. The van der Waals surface area contributed by atoms with Gasteiger partial charge in [-0.15, -0.1) is 0 Å². The Balaban J connectivity index is 3.23. The molecule has 0 aromatic heterocycles. The van der Waals surface area contributed by atoms with E-state index in [1.165, 1.54) is 6.07 Å². The zero-order valence-electron chi connectivity index (χ0n) is 6.11. The number of nitrogens with zero attached hydrogens (tertiary/aromatic N) is 1. The van der Waals surface area contributed by atoms with E-state index >= 15 is 0 Å². The Morgan fingerprint density at radius 1 is 1.25 bits per heavy atom. The number of rotatable bonds is 1. The van der Waals surface area contributed by atoms with Gasteiger partial charge in [-0.1, -0.05) is 0 Å². The summed E-state index contributed by atoms with van der Waals surface area (Å²) in [6.45, 7) is 0. The van der Waals surface area contributed by atoms with Crippen LogP contribution >= 0.6 is 45.5 Å². The minimum atomic E-state index is -0.537. The van der Waals surface area contributed by atoms with Gasteiger partial charge in [0.15, 0.2) is 0 Å². The predicted octanol–water partition coefficient (Wildman–Crippen LogP) is 3.36. The fourth-order valence-electron chi connectivity index (χ4n) is 0.748.